The molecule has 26 heavy (non-hydrogen) atoms. The summed E-state index contributed by atoms with van der Waals surface area (Å²) in [7, 11) is 0. The number of nitrogens with one attached hydrogen (secondary N) is 1. The maximum atomic E-state index is 11.2. The van der Waals surface area contributed by atoms with Crippen LogP contribution in [0, 0.1) is 12.3 Å². The van der Waals surface area contributed by atoms with E-state index in [1.165, 1.54) is 22.3 Å². The third-order valence-electron chi connectivity index (χ3n) is 7.31. The minimum Gasteiger partial charge on any atom is -0.386 e. The molecule has 2 nitrogen and oxygen atoms in total. The summed E-state index contributed by atoms with van der Waals surface area (Å²) in [5.41, 5.74) is 6.15. The first-order valence-corrected chi connectivity index (χ1v) is 9.81. The van der Waals surface area contributed by atoms with Gasteiger partial charge in [0.05, 0.1) is 5.60 Å². The highest BCUT2D eigenvalue weighted by Gasteiger charge is 2.64. The van der Waals surface area contributed by atoms with E-state index in [-0.39, 0.29) is 11.5 Å². The number of aryl methyl sites for hydroxylation is 1. The Balaban J connectivity index is 1.58. The van der Waals surface area contributed by atoms with Gasteiger partial charge in [0.25, 0.3) is 0 Å². The Bertz CT molecular complexity index is 873. The molecule has 134 valence electrons. The minimum absolute atomic E-state index is 0.0767. The normalized spacial score (nSPS) is 34.6. The summed E-state index contributed by atoms with van der Waals surface area (Å²) in [6.07, 6.45) is 3.71. The summed E-state index contributed by atoms with van der Waals surface area (Å²) < 4.78 is 0. The second kappa shape index (κ2) is 5.55. The average Bonchev–Trinajstić information content (AvgIpc) is 3.01. The van der Waals surface area contributed by atoms with Gasteiger partial charge in [-0.1, -0.05) is 55.1 Å². The molecule has 0 unspecified atom stereocenters. The molecule has 4 atom stereocenters. The smallest absolute Gasteiger partial charge is 0.0860 e. The lowest BCUT2D eigenvalue weighted by molar-refractivity contribution is 0.00167. The van der Waals surface area contributed by atoms with Gasteiger partial charge in [0.1, 0.15) is 0 Å². The molecule has 3 aliphatic rings. The van der Waals surface area contributed by atoms with Gasteiger partial charge in [0.2, 0.25) is 0 Å². The van der Waals surface area contributed by atoms with Crippen molar-refractivity contribution in [3.63, 3.8) is 0 Å². The van der Waals surface area contributed by atoms with E-state index in [2.05, 4.69) is 67.4 Å². The van der Waals surface area contributed by atoms with Crippen molar-refractivity contribution >= 4 is 0 Å². The van der Waals surface area contributed by atoms with Crippen molar-refractivity contribution in [1.29, 1.82) is 0 Å². The number of aliphatic hydroxyl groups is 1. The molecule has 0 aromatic heterocycles. The Hall–Kier alpha value is -1.90. The number of hydrogen-bond donors (Lipinski definition) is 2. The molecule has 0 heterocycles. The first-order chi connectivity index (χ1) is 12.5. The summed E-state index contributed by atoms with van der Waals surface area (Å²) in [5.74, 6) is 0.533. The van der Waals surface area contributed by atoms with Crippen LogP contribution in [0.2, 0.25) is 0 Å². The maximum Gasteiger partial charge on any atom is 0.0860 e. The summed E-state index contributed by atoms with van der Waals surface area (Å²) in [4.78, 5) is 0. The first-order valence-electron chi connectivity index (χ1n) is 9.81. The lowest BCUT2D eigenvalue weighted by atomic mass is 9.65. The number of hydrogen-bond acceptors (Lipinski definition) is 2. The predicted octanol–water partition coefficient (Wildman–Crippen LogP) is 4.78. The standard InChI is InChI=1S/C24H27NO/c1-16-7-6-10-19-20-11-12-24(26)15-23(20,13-17(24)2)22(21(16)19)25-14-18-8-4-3-5-9-18/h3-10,20,22,25-26H,2,11-15H2,1H3/t20-,22-,23-,24+/m0/s1. The maximum absolute atomic E-state index is 11.2. The largest absolute Gasteiger partial charge is 0.386 e. The number of rotatable bonds is 3. The second-order valence-electron chi connectivity index (χ2n) is 8.69. The monoisotopic (exact) mass is 345 g/mol. The zero-order chi connectivity index (χ0) is 17.9. The van der Waals surface area contributed by atoms with Crippen molar-refractivity contribution < 1.29 is 5.11 Å². The van der Waals surface area contributed by atoms with Crippen molar-refractivity contribution in [3.05, 3.63) is 82.9 Å². The van der Waals surface area contributed by atoms with Gasteiger partial charge in [-0.3, -0.25) is 0 Å². The van der Waals surface area contributed by atoms with Crippen LogP contribution in [-0.4, -0.2) is 10.7 Å². The van der Waals surface area contributed by atoms with Crippen LogP contribution in [0.25, 0.3) is 0 Å². The second-order valence-corrected chi connectivity index (χ2v) is 8.69. The van der Waals surface area contributed by atoms with Crippen LogP contribution in [0.3, 0.4) is 0 Å². The minimum atomic E-state index is -0.654. The van der Waals surface area contributed by atoms with Crippen LogP contribution in [0.4, 0.5) is 0 Å². The van der Waals surface area contributed by atoms with Crippen LogP contribution in [0.5, 0.6) is 0 Å². The lowest BCUT2D eigenvalue weighted by Gasteiger charge is -2.43. The van der Waals surface area contributed by atoms with E-state index >= 15 is 0 Å². The SMILES string of the molecule is C=C1C[C@]23C[C@]1(O)CC[C@H]2c1cccc(C)c1[C@@H]3NCc1ccccc1. The Morgan fingerprint density at radius 1 is 1.15 bits per heavy atom. The van der Waals surface area contributed by atoms with Gasteiger partial charge in [-0.05, 0) is 66.4 Å². The topological polar surface area (TPSA) is 32.3 Å². The van der Waals surface area contributed by atoms with E-state index in [0.717, 1.165) is 37.8 Å². The van der Waals surface area contributed by atoms with Crippen LogP contribution in [0.1, 0.15) is 59.9 Å². The van der Waals surface area contributed by atoms with Crippen LogP contribution in [-0.2, 0) is 6.54 Å². The average molecular weight is 345 g/mol. The fourth-order valence-corrected chi connectivity index (χ4v) is 6.16. The van der Waals surface area contributed by atoms with Crippen molar-refractivity contribution in [3.8, 4) is 0 Å². The molecule has 2 N–H and O–H groups in total. The fraction of sp³-hybridized carbons (Fsp3) is 0.417. The first kappa shape index (κ1) is 16.3. The highest BCUT2D eigenvalue weighted by Crippen LogP contribution is 2.70. The van der Waals surface area contributed by atoms with Crippen molar-refractivity contribution in [2.24, 2.45) is 5.41 Å². The molecule has 2 fully saturated rings. The van der Waals surface area contributed by atoms with E-state index in [0.29, 0.717) is 5.92 Å². The van der Waals surface area contributed by atoms with Crippen LogP contribution in [0.15, 0.2) is 60.7 Å². The van der Waals surface area contributed by atoms with Gasteiger partial charge in [-0.2, -0.15) is 0 Å². The van der Waals surface area contributed by atoms with E-state index < -0.39 is 5.60 Å². The molecule has 0 saturated heterocycles. The number of fused-ring (bicyclic) bond motifs is 3. The predicted molar refractivity (Wildman–Crippen MR) is 105 cm³/mol. The van der Waals surface area contributed by atoms with Gasteiger partial charge in [-0.25, -0.2) is 0 Å². The van der Waals surface area contributed by atoms with E-state index in [9.17, 15) is 5.11 Å². The van der Waals surface area contributed by atoms with E-state index in [1.807, 2.05) is 0 Å². The molecule has 2 aromatic rings. The van der Waals surface area contributed by atoms with E-state index in [1.54, 1.807) is 0 Å². The number of benzene rings is 2. The van der Waals surface area contributed by atoms with Crippen molar-refractivity contribution in [1.82, 2.24) is 5.32 Å². The van der Waals surface area contributed by atoms with Crippen molar-refractivity contribution in [2.45, 2.75) is 56.7 Å². The molecule has 2 heteroatoms. The quantitative estimate of drug-likeness (QED) is 0.784. The van der Waals surface area contributed by atoms with Gasteiger partial charge in [0, 0.05) is 18.0 Å². The van der Waals surface area contributed by atoms with E-state index in [4.69, 9.17) is 0 Å². The summed E-state index contributed by atoms with van der Waals surface area (Å²) >= 11 is 0. The molecule has 0 aliphatic heterocycles. The zero-order valence-corrected chi connectivity index (χ0v) is 15.5. The Labute approximate surface area is 156 Å². The highest BCUT2D eigenvalue weighted by molar-refractivity contribution is 5.51. The zero-order valence-electron chi connectivity index (χ0n) is 15.5. The van der Waals surface area contributed by atoms with Gasteiger partial charge in [0.15, 0.2) is 0 Å². The summed E-state index contributed by atoms with van der Waals surface area (Å²) in [6.45, 7) is 7.38. The molecular formula is C24H27NO. The molecule has 2 saturated carbocycles. The molecule has 0 amide bonds. The Morgan fingerprint density at radius 2 is 1.96 bits per heavy atom. The van der Waals surface area contributed by atoms with Gasteiger partial charge < -0.3 is 10.4 Å². The molecule has 3 aliphatic carbocycles. The van der Waals surface area contributed by atoms with Crippen LogP contribution >= 0.6 is 0 Å². The molecule has 5 rings (SSSR count). The fourth-order valence-electron chi connectivity index (χ4n) is 6.16. The summed E-state index contributed by atoms with van der Waals surface area (Å²) in [6, 6.07) is 17.7. The molecule has 0 radical (unpaired) electrons. The van der Waals surface area contributed by atoms with Crippen LogP contribution < -0.4 is 5.32 Å². The molecule has 1 spiro atoms. The third-order valence-corrected chi connectivity index (χ3v) is 7.31. The molecule has 2 aromatic carbocycles. The van der Waals surface area contributed by atoms with Gasteiger partial charge >= 0.3 is 0 Å². The molecular weight excluding hydrogens is 318 g/mol. The van der Waals surface area contributed by atoms with Gasteiger partial charge in [-0.15, -0.1) is 0 Å². The molecule has 2 bridgehead atoms. The van der Waals surface area contributed by atoms with Crippen molar-refractivity contribution in [2.75, 3.05) is 0 Å². The Kier molecular flexibility index (Phi) is 3.47. The highest BCUT2D eigenvalue weighted by atomic mass is 16.3. The lowest BCUT2D eigenvalue weighted by Crippen LogP contribution is -2.41. The Morgan fingerprint density at radius 3 is 2.77 bits per heavy atom. The third kappa shape index (κ3) is 2.12. The summed E-state index contributed by atoms with van der Waals surface area (Å²) in [5, 5.41) is 15.1.